The van der Waals surface area contributed by atoms with Gasteiger partial charge in [-0.3, -0.25) is 0 Å². The third-order valence-electron chi connectivity index (χ3n) is 1.08. The van der Waals surface area contributed by atoms with Gasteiger partial charge in [-0.2, -0.15) is 4.36 Å². The molecule has 0 amide bonds. The SMILES string of the molecule is CS(C)(=O)=Nc1cc(N)ccn1. The van der Waals surface area contributed by atoms with E-state index in [1.165, 1.54) is 0 Å². The molecule has 0 fully saturated rings. The number of nitrogen functional groups attached to an aromatic ring is 1. The molecule has 0 spiro atoms. The van der Waals surface area contributed by atoms with Crippen LogP contribution < -0.4 is 5.73 Å². The summed E-state index contributed by atoms with van der Waals surface area (Å²) in [6.45, 7) is 0. The average Bonchev–Trinajstić information content (AvgIpc) is 1.82. The van der Waals surface area contributed by atoms with Crippen molar-refractivity contribution in [2.24, 2.45) is 4.36 Å². The smallest absolute Gasteiger partial charge is 0.163 e. The third-order valence-corrected chi connectivity index (χ3v) is 1.71. The summed E-state index contributed by atoms with van der Waals surface area (Å²) < 4.78 is 15.1. The summed E-state index contributed by atoms with van der Waals surface area (Å²) >= 11 is 0. The minimum atomic E-state index is -2.14. The molecule has 2 N–H and O–H groups in total. The third kappa shape index (κ3) is 2.87. The standard InChI is InChI=1S/C7H11N3OS/c1-12(2,11)10-7-5-6(8)3-4-9-7/h3-5H,1-2H3,(H2,8,9). The molecular formula is C7H11N3OS. The molecule has 0 aliphatic rings. The summed E-state index contributed by atoms with van der Waals surface area (Å²) in [6.07, 6.45) is 4.65. The molecular weight excluding hydrogens is 174 g/mol. The molecule has 1 aromatic rings. The summed E-state index contributed by atoms with van der Waals surface area (Å²) in [7, 11) is -2.14. The lowest BCUT2D eigenvalue weighted by atomic mass is 10.4. The normalized spacial score (nSPS) is 11.2. The molecule has 0 atom stereocenters. The van der Waals surface area contributed by atoms with Crippen LogP contribution in [0.1, 0.15) is 0 Å². The number of anilines is 1. The van der Waals surface area contributed by atoms with Gasteiger partial charge in [-0.1, -0.05) is 0 Å². The van der Waals surface area contributed by atoms with Crippen molar-refractivity contribution in [1.29, 1.82) is 0 Å². The van der Waals surface area contributed by atoms with Gasteiger partial charge < -0.3 is 5.73 Å². The lowest BCUT2D eigenvalue weighted by Crippen LogP contribution is -1.91. The molecule has 1 rings (SSSR count). The Morgan fingerprint density at radius 3 is 2.75 bits per heavy atom. The molecule has 0 bridgehead atoms. The van der Waals surface area contributed by atoms with Crippen LogP contribution in [0, 0.1) is 0 Å². The Hall–Kier alpha value is -1.10. The number of nitrogens with zero attached hydrogens (tertiary/aromatic N) is 2. The summed E-state index contributed by atoms with van der Waals surface area (Å²) in [5, 5.41) is 0. The topological polar surface area (TPSA) is 68.3 Å². The molecule has 0 unspecified atom stereocenters. The van der Waals surface area contributed by atoms with Crippen molar-refractivity contribution >= 4 is 21.2 Å². The fourth-order valence-corrected chi connectivity index (χ4v) is 1.26. The van der Waals surface area contributed by atoms with Gasteiger partial charge in [0.15, 0.2) is 5.82 Å². The molecule has 0 aromatic carbocycles. The van der Waals surface area contributed by atoms with Gasteiger partial charge in [-0.05, 0) is 6.07 Å². The highest BCUT2D eigenvalue weighted by molar-refractivity contribution is 7.92. The van der Waals surface area contributed by atoms with E-state index in [9.17, 15) is 4.21 Å². The van der Waals surface area contributed by atoms with Crippen molar-refractivity contribution in [3.05, 3.63) is 18.3 Å². The predicted molar refractivity (Wildman–Crippen MR) is 50.7 cm³/mol. The fraction of sp³-hybridized carbons (Fsp3) is 0.286. The van der Waals surface area contributed by atoms with E-state index in [2.05, 4.69) is 9.35 Å². The van der Waals surface area contributed by atoms with Gasteiger partial charge in [0.05, 0.1) is 0 Å². The van der Waals surface area contributed by atoms with E-state index in [1.807, 2.05) is 0 Å². The highest BCUT2D eigenvalue weighted by Crippen LogP contribution is 2.12. The minimum Gasteiger partial charge on any atom is -0.399 e. The lowest BCUT2D eigenvalue weighted by molar-refractivity contribution is 0.684. The largest absolute Gasteiger partial charge is 0.399 e. The molecule has 0 aliphatic heterocycles. The van der Waals surface area contributed by atoms with Gasteiger partial charge in [-0.25, -0.2) is 9.19 Å². The molecule has 0 saturated heterocycles. The van der Waals surface area contributed by atoms with Gasteiger partial charge in [0.2, 0.25) is 0 Å². The lowest BCUT2D eigenvalue weighted by Gasteiger charge is -1.96. The zero-order valence-corrected chi connectivity index (χ0v) is 7.84. The maximum atomic E-state index is 11.2. The molecule has 1 aromatic heterocycles. The van der Waals surface area contributed by atoms with Crippen LogP contribution in [0.3, 0.4) is 0 Å². The Kier molecular flexibility index (Phi) is 2.32. The Bertz CT molecular complexity index is 385. The molecule has 5 heteroatoms. The summed E-state index contributed by atoms with van der Waals surface area (Å²) in [6, 6.07) is 3.25. The molecule has 0 aliphatic carbocycles. The van der Waals surface area contributed by atoms with E-state index < -0.39 is 9.73 Å². The Morgan fingerprint density at radius 2 is 2.25 bits per heavy atom. The van der Waals surface area contributed by atoms with Crippen molar-refractivity contribution in [1.82, 2.24) is 4.98 Å². The highest BCUT2D eigenvalue weighted by atomic mass is 32.2. The zero-order chi connectivity index (χ0) is 9.19. The number of pyridine rings is 1. The predicted octanol–water partition coefficient (Wildman–Crippen LogP) is 1.02. The first kappa shape index (κ1) is 8.99. The van der Waals surface area contributed by atoms with E-state index >= 15 is 0 Å². The van der Waals surface area contributed by atoms with Gasteiger partial charge >= 0.3 is 0 Å². The van der Waals surface area contributed by atoms with Crippen LogP contribution in [0.25, 0.3) is 0 Å². The Balaban J connectivity index is 3.15. The number of nitrogens with two attached hydrogens (primary N) is 1. The van der Waals surface area contributed by atoms with Gasteiger partial charge in [-0.15, -0.1) is 0 Å². The van der Waals surface area contributed by atoms with E-state index in [0.717, 1.165) is 0 Å². The first-order valence-electron chi connectivity index (χ1n) is 3.36. The summed E-state index contributed by atoms with van der Waals surface area (Å²) in [5.74, 6) is 0.421. The molecule has 0 saturated carbocycles. The average molecular weight is 185 g/mol. The Morgan fingerprint density at radius 1 is 1.58 bits per heavy atom. The van der Waals surface area contributed by atoms with Gasteiger partial charge in [0.1, 0.15) is 0 Å². The molecule has 0 radical (unpaired) electrons. The maximum absolute atomic E-state index is 11.2. The number of hydrogen-bond donors (Lipinski definition) is 1. The second kappa shape index (κ2) is 3.10. The van der Waals surface area contributed by atoms with E-state index in [4.69, 9.17) is 5.73 Å². The van der Waals surface area contributed by atoms with E-state index in [1.54, 1.807) is 30.8 Å². The van der Waals surface area contributed by atoms with Crippen molar-refractivity contribution in [2.45, 2.75) is 0 Å². The van der Waals surface area contributed by atoms with Crippen LogP contribution in [-0.2, 0) is 9.73 Å². The first-order valence-corrected chi connectivity index (χ1v) is 5.69. The maximum Gasteiger partial charge on any atom is 0.163 e. The van der Waals surface area contributed by atoms with Crippen molar-refractivity contribution in [3.8, 4) is 0 Å². The van der Waals surface area contributed by atoms with Crippen LogP contribution in [-0.4, -0.2) is 21.7 Å². The number of rotatable bonds is 1. The number of aromatic nitrogens is 1. The van der Waals surface area contributed by atoms with Crippen LogP contribution in [0.15, 0.2) is 22.7 Å². The van der Waals surface area contributed by atoms with Crippen LogP contribution in [0.5, 0.6) is 0 Å². The molecule has 4 nitrogen and oxygen atoms in total. The van der Waals surface area contributed by atoms with Crippen molar-refractivity contribution in [3.63, 3.8) is 0 Å². The molecule has 66 valence electrons. The molecule has 12 heavy (non-hydrogen) atoms. The van der Waals surface area contributed by atoms with Crippen molar-refractivity contribution in [2.75, 3.05) is 18.2 Å². The van der Waals surface area contributed by atoms with Gasteiger partial charge in [0.25, 0.3) is 0 Å². The van der Waals surface area contributed by atoms with E-state index in [0.29, 0.717) is 11.5 Å². The van der Waals surface area contributed by atoms with Crippen LogP contribution in [0.4, 0.5) is 11.5 Å². The Labute approximate surface area is 72.0 Å². The fourth-order valence-electron chi connectivity index (χ4n) is 0.709. The second-order valence-electron chi connectivity index (χ2n) is 2.72. The van der Waals surface area contributed by atoms with Crippen molar-refractivity contribution < 1.29 is 4.21 Å². The summed E-state index contributed by atoms with van der Waals surface area (Å²) in [5.41, 5.74) is 6.06. The second-order valence-corrected chi connectivity index (χ2v) is 5.27. The van der Waals surface area contributed by atoms with E-state index in [-0.39, 0.29) is 0 Å². The summed E-state index contributed by atoms with van der Waals surface area (Å²) in [4.78, 5) is 3.90. The zero-order valence-electron chi connectivity index (χ0n) is 7.02. The quantitative estimate of drug-likeness (QED) is 0.710. The number of hydrogen-bond acceptors (Lipinski definition) is 4. The first-order chi connectivity index (χ1) is 5.47. The van der Waals surface area contributed by atoms with Crippen LogP contribution in [0.2, 0.25) is 0 Å². The monoisotopic (exact) mass is 185 g/mol. The van der Waals surface area contributed by atoms with Crippen LogP contribution >= 0.6 is 0 Å². The highest BCUT2D eigenvalue weighted by Gasteiger charge is 1.94. The molecule has 1 heterocycles. The van der Waals surface area contributed by atoms with Gasteiger partial charge in [0, 0.05) is 40.2 Å². The minimum absolute atomic E-state index is 0.421.